The number of carbonyl (C=O) groups is 1. The second kappa shape index (κ2) is 7.08. The van der Waals surface area contributed by atoms with E-state index in [1.54, 1.807) is 11.9 Å². The molecule has 0 saturated heterocycles. The van der Waals surface area contributed by atoms with Crippen LogP contribution in [0.4, 0.5) is 5.13 Å². The van der Waals surface area contributed by atoms with Crippen LogP contribution >= 0.6 is 11.3 Å². The van der Waals surface area contributed by atoms with E-state index in [1.165, 1.54) is 11.3 Å². The van der Waals surface area contributed by atoms with Gasteiger partial charge in [-0.05, 0) is 24.6 Å². The summed E-state index contributed by atoms with van der Waals surface area (Å²) < 4.78 is 5.63. The van der Waals surface area contributed by atoms with E-state index in [4.69, 9.17) is 10.5 Å². The highest BCUT2D eigenvalue weighted by Gasteiger charge is 2.11. The van der Waals surface area contributed by atoms with Crippen molar-refractivity contribution in [3.05, 3.63) is 40.9 Å². The summed E-state index contributed by atoms with van der Waals surface area (Å²) in [6, 6.07) is 7.85. The van der Waals surface area contributed by atoms with Gasteiger partial charge in [0.25, 0.3) is 0 Å². The van der Waals surface area contributed by atoms with Crippen LogP contribution in [0.3, 0.4) is 0 Å². The maximum absolute atomic E-state index is 12.0. The summed E-state index contributed by atoms with van der Waals surface area (Å²) in [5.74, 6) is 0.830. The van der Waals surface area contributed by atoms with E-state index in [0.717, 1.165) is 11.3 Å². The molecular weight excluding hydrogens is 286 g/mol. The Kier molecular flexibility index (Phi) is 5.16. The van der Waals surface area contributed by atoms with E-state index < -0.39 is 0 Å². The zero-order valence-electron chi connectivity index (χ0n) is 12.2. The predicted octanol–water partition coefficient (Wildman–Crippen LogP) is 2.11. The van der Waals surface area contributed by atoms with E-state index in [-0.39, 0.29) is 12.3 Å². The summed E-state index contributed by atoms with van der Waals surface area (Å²) in [7, 11) is 1.76. The maximum atomic E-state index is 12.0. The molecule has 2 aromatic rings. The molecule has 2 rings (SSSR count). The topological polar surface area (TPSA) is 68.5 Å². The fraction of sp³-hybridized carbons (Fsp3) is 0.333. The summed E-state index contributed by atoms with van der Waals surface area (Å²) in [6.07, 6.45) is 0.272. The molecule has 6 heteroatoms. The van der Waals surface area contributed by atoms with Crippen molar-refractivity contribution in [2.45, 2.75) is 13.3 Å². The summed E-state index contributed by atoms with van der Waals surface area (Å²) in [4.78, 5) is 17.7. The summed E-state index contributed by atoms with van der Waals surface area (Å²) in [5, 5.41) is 2.30. The first-order valence-corrected chi connectivity index (χ1v) is 7.56. The maximum Gasteiger partial charge on any atom is 0.228 e. The first kappa shape index (κ1) is 15.3. The molecule has 5 nitrogen and oxygen atoms in total. The van der Waals surface area contributed by atoms with Gasteiger partial charge in [-0.2, -0.15) is 0 Å². The van der Waals surface area contributed by atoms with Crippen LogP contribution in [0.5, 0.6) is 5.75 Å². The number of carbonyl (C=O) groups excluding carboxylic acids is 1. The smallest absolute Gasteiger partial charge is 0.228 e. The number of anilines is 1. The van der Waals surface area contributed by atoms with Crippen LogP contribution in [0.15, 0.2) is 29.6 Å². The van der Waals surface area contributed by atoms with E-state index in [0.29, 0.717) is 24.0 Å². The van der Waals surface area contributed by atoms with Crippen molar-refractivity contribution in [2.24, 2.45) is 0 Å². The molecule has 2 N–H and O–H groups in total. The van der Waals surface area contributed by atoms with Crippen LogP contribution in [0.25, 0.3) is 0 Å². The minimum atomic E-state index is 0.00754. The second-order valence-corrected chi connectivity index (χ2v) is 5.72. The number of nitrogens with two attached hydrogens (primary N) is 1. The average Bonchev–Trinajstić information content (AvgIpc) is 2.84. The van der Waals surface area contributed by atoms with Crippen molar-refractivity contribution in [2.75, 3.05) is 25.9 Å². The lowest BCUT2D eigenvalue weighted by molar-refractivity contribution is -0.129. The monoisotopic (exact) mass is 305 g/mol. The van der Waals surface area contributed by atoms with Gasteiger partial charge in [0.1, 0.15) is 12.4 Å². The summed E-state index contributed by atoms with van der Waals surface area (Å²) >= 11 is 1.35. The van der Waals surface area contributed by atoms with Crippen LogP contribution in [0.2, 0.25) is 0 Å². The Labute approximate surface area is 128 Å². The molecule has 0 saturated carbocycles. The SMILES string of the molecule is Cc1cccc(OCCN(C)C(=O)Cc2csc(N)n2)c1. The van der Waals surface area contributed by atoms with Gasteiger partial charge in [0.15, 0.2) is 5.13 Å². The lowest BCUT2D eigenvalue weighted by Crippen LogP contribution is -2.32. The van der Waals surface area contributed by atoms with Gasteiger partial charge in [0.05, 0.1) is 18.7 Å². The molecule has 0 bridgehead atoms. The third kappa shape index (κ3) is 4.75. The van der Waals surface area contributed by atoms with Gasteiger partial charge in [0.2, 0.25) is 5.91 Å². The molecule has 0 aliphatic carbocycles. The predicted molar refractivity (Wildman–Crippen MR) is 84.5 cm³/mol. The second-order valence-electron chi connectivity index (χ2n) is 4.83. The van der Waals surface area contributed by atoms with Gasteiger partial charge in [-0.25, -0.2) is 4.98 Å². The molecule has 1 aromatic heterocycles. The van der Waals surface area contributed by atoms with Gasteiger partial charge in [-0.1, -0.05) is 12.1 Å². The first-order chi connectivity index (χ1) is 10.0. The summed E-state index contributed by atoms with van der Waals surface area (Å²) in [6.45, 7) is 3.01. The largest absolute Gasteiger partial charge is 0.492 e. The Morgan fingerprint density at radius 3 is 2.95 bits per heavy atom. The molecule has 0 fully saturated rings. The molecule has 0 unspecified atom stereocenters. The number of hydrogen-bond donors (Lipinski definition) is 1. The van der Waals surface area contributed by atoms with E-state index >= 15 is 0 Å². The minimum Gasteiger partial charge on any atom is -0.492 e. The Hall–Kier alpha value is -2.08. The number of thiazole rings is 1. The van der Waals surface area contributed by atoms with Crippen molar-refractivity contribution in [1.29, 1.82) is 0 Å². The van der Waals surface area contributed by atoms with Crippen LogP contribution in [-0.4, -0.2) is 36.0 Å². The Balaban J connectivity index is 1.76. The number of aryl methyl sites for hydroxylation is 1. The minimum absolute atomic E-state index is 0.00754. The molecule has 21 heavy (non-hydrogen) atoms. The molecule has 1 amide bonds. The Bertz CT molecular complexity index is 612. The number of ether oxygens (including phenoxy) is 1. The van der Waals surface area contributed by atoms with Crippen LogP contribution in [0, 0.1) is 6.92 Å². The molecule has 1 heterocycles. The fourth-order valence-corrected chi connectivity index (χ4v) is 2.39. The van der Waals surface area contributed by atoms with Crippen molar-refractivity contribution in [3.8, 4) is 5.75 Å². The molecule has 1 aromatic carbocycles. The highest BCUT2D eigenvalue weighted by molar-refractivity contribution is 7.13. The zero-order chi connectivity index (χ0) is 15.2. The molecule has 0 aliphatic rings. The highest BCUT2D eigenvalue weighted by Crippen LogP contribution is 2.13. The molecule has 0 radical (unpaired) electrons. The van der Waals surface area contributed by atoms with Gasteiger partial charge in [-0.15, -0.1) is 11.3 Å². The number of nitrogens with zero attached hydrogens (tertiary/aromatic N) is 2. The van der Waals surface area contributed by atoms with Gasteiger partial charge >= 0.3 is 0 Å². The highest BCUT2D eigenvalue weighted by atomic mass is 32.1. The average molecular weight is 305 g/mol. The number of amides is 1. The van der Waals surface area contributed by atoms with E-state index in [2.05, 4.69) is 4.98 Å². The standard InChI is InChI=1S/C15H19N3O2S/c1-11-4-3-5-13(8-11)20-7-6-18(2)14(19)9-12-10-21-15(16)17-12/h3-5,8,10H,6-7,9H2,1-2H3,(H2,16,17). The van der Waals surface area contributed by atoms with Gasteiger partial charge in [0, 0.05) is 12.4 Å². The van der Waals surface area contributed by atoms with Crippen LogP contribution < -0.4 is 10.5 Å². The molecule has 112 valence electrons. The van der Waals surface area contributed by atoms with Crippen molar-refractivity contribution in [3.63, 3.8) is 0 Å². The summed E-state index contributed by atoms with van der Waals surface area (Å²) in [5.41, 5.74) is 7.42. The lowest BCUT2D eigenvalue weighted by atomic mass is 10.2. The van der Waals surface area contributed by atoms with Crippen molar-refractivity contribution >= 4 is 22.4 Å². The van der Waals surface area contributed by atoms with Crippen LogP contribution in [0.1, 0.15) is 11.3 Å². The molecule has 0 atom stereocenters. The van der Waals surface area contributed by atoms with E-state index in [9.17, 15) is 4.79 Å². The van der Waals surface area contributed by atoms with E-state index in [1.807, 2.05) is 36.6 Å². The van der Waals surface area contributed by atoms with Gasteiger partial charge < -0.3 is 15.4 Å². The third-order valence-corrected chi connectivity index (χ3v) is 3.74. The third-order valence-electron chi connectivity index (χ3n) is 3.01. The Morgan fingerprint density at radius 1 is 1.48 bits per heavy atom. The first-order valence-electron chi connectivity index (χ1n) is 6.68. The number of hydrogen-bond acceptors (Lipinski definition) is 5. The molecular formula is C15H19N3O2S. The fourth-order valence-electron chi connectivity index (χ4n) is 1.82. The number of nitrogen functional groups attached to an aromatic ring is 1. The molecule has 0 aliphatic heterocycles. The lowest BCUT2D eigenvalue weighted by Gasteiger charge is -2.17. The van der Waals surface area contributed by atoms with Crippen molar-refractivity contribution < 1.29 is 9.53 Å². The molecule has 0 spiro atoms. The number of likely N-dealkylation sites (N-methyl/N-ethyl adjacent to an activating group) is 1. The number of aromatic nitrogens is 1. The van der Waals surface area contributed by atoms with Crippen LogP contribution in [-0.2, 0) is 11.2 Å². The van der Waals surface area contributed by atoms with Gasteiger partial charge in [-0.3, -0.25) is 4.79 Å². The van der Waals surface area contributed by atoms with Crippen molar-refractivity contribution in [1.82, 2.24) is 9.88 Å². The number of rotatable bonds is 6. The zero-order valence-corrected chi connectivity index (χ0v) is 13.0. The number of benzene rings is 1. The quantitative estimate of drug-likeness (QED) is 0.887. The normalized spacial score (nSPS) is 10.4. The Morgan fingerprint density at radius 2 is 2.29 bits per heavy atom.